The van der Waals surface area contributed by atoms with E-state index in [-0.39, 0.29) is 50.2 Å². The van der Waals surface area contributed by atoms with Gasteiger partial charge in [-0.2, -0.15) is 0 Å². The van der Waals surface area contributed by atoms with E-state index in [0.717, 1.165) is 11.1 Å². The number of likely N-dealkylation sites (N-methyl/N-ethyl adjacent to an activating group) is 1. The molecule has 13 heteroatoms. The lowest BCUT2D eigenvalue weighted by molar-refractivity contribution is -0.202. The minimum absolute atomic E-state index is 0.0247. The number of esters is 1. The number of alkyl carbamates (subject to hydrolysis) is 1. The number of nitrogens with zero attached hydrogens (tertiary/aromatic N) is 1. The van der Waals surface area contributed by atoms with Crippen LogP contribution in [0.3, 0.4) is 0 Å². The standard InChI is InChI=1S/C37H48ClN3O9/c1-6-31(45)50-37(30(44)21-49-33(47)41(5)16-15-40-32(46)48-20-23-7-10-25(39)11-8-23)22(2)17-28-27-12-9-24-18-26(42)13-14-34(24,3)36(27,38)29(43)19-35(28,37)4/h7-8,10-11,13-14,18,22,27-29,43H,6,9,12,15-17,19-21,39H2,1-5H3,(H,40,46)/t22-,27-,28?,29-,34-,35-,36-,37-/m0/s1. The maximum atomic E-state index is 14.4. The molecule has 0 bridgehead atoms. The Labute approximate surface area is 297 Å². The van der Waals surface area contributed by atoms with Crippen molar-refractivity contribution in [3.8, 4) is 0 Å². The molecule has 1 aromatic carbocycles. The van der Waals surface area contributed by atoms with Gasteiger partial charge in [-0.3, -0.25) is 14.4 Å². The molecule has 1 aromatic rings. The van der Waals surface area contributed by atoms with Gasteiger partial charge >= 0.3 is 18.2 Å². The van der Waals surface area contributed by atoms with Gasteiger partial charge in [-0.25, -0.2) is 9.59 Å². The van der Waals surface area contributed by atoms with Crippen LogP contribution in [-0.4, -0.2) is 83.1 Å². The lowest BCUT2D eigenvalue weighted by Crippen LogP contribution is -2.69. The molecule has 0 heterocycles. The summed E-state index contributed by atoms with van der Waals surface area (Å²) in [5, 5.41) is 14.6. The minimum Gasteiger partial charge on any atom is -0.450 e. The van der Waals surface area contributed by atoms with Crippen LogP contribution in [0.25, 0.3) is 0 Å². The Balaban J connectivity index is 1.27. The second-order valence-corrected chi connectivity index (χ2v) is 15.2. The number of nitrogen functional groups attached to an aromatic ring is 1. The Morgan fingerprint density at radius 1 is 1.12 bits per heavy atom. The Morgan fingerprint density at radius 2 is 1.82 bits per heavy atom. The molecule has 50 heavy (non-hydrogen) atoms. The van der Waals surface area contributed by atoms with Crippen LogP contribution in [0.5, 0.6) is 0 Å². The second-order valence-electron chi connectivity index (χ2n) is 14.6. The molecular weight excluding hydrogens is 666 g/mol. The maximum absolute atomic E-state index is 14.4. The lowest BCUT2D eigenvalue weighted by Gasteiger charge is -2.64. The maximum Gasteiger partial charge on any atom is 0.409 e. The van der Waals surface area contributed by atoms with Crippen molar-refractivity contribution in [3.05, 3.63) is 53.6 Å². The number of nitrogens with two attached hydrogens (primary N) is 1. The van der Waals surface area contributed by atoms with Crippen molar-refractivity contribution >= 4 is 47.0 Å². The third-order valence-corrected chi connectivity index (χ3v) is 12.8. The molecule has 2 amide bonds. The number of hydrogen-bond donors (Lipinski definition) is 3. The SMILES string of the molecule is CCC(=O)O[C@]1(C(=O)COC(=O)N(C)CCNC(=O)OCc2ccc(N)cc2)[C@@H](C)CC2[C@@H]3CCC4=CC(=O)C=C[C@]4(C)[C@@]3(Cl)[C@@H](O)C[C@@]21C. The fourth-order valence-electron chi connectivity index (χ4n) is 9.23. The predicted molar refractivity (Wildman–Crippen MR) is 185 cm³/mol. The molecule has 272 valence electrons. The quantitative estimate of drug-likeness (QED) is 0.133. The molecule has 0 spiro atoms. The van der Waals surface area contributed by atoms with E-state index >= 15 is 0 Å². The van der Waals surface area contributed by atoms with Crippen molar-refractivity contribution in [1.29, 1.82) is 0 Å². The first kappa shape index (κ1) is 37.4. The highest BCUT2D eigenvalue weighted by molar-refractivity contribution is 6.26. The molecule has 0 aliphatic heterocycles. The van der Waals surface area contributed by atoms with Crippen LogP contribution in [0.15, 0.2) is 48.1 Å². The van der Waals surface area contributed by atoms with Crippen LogP contribution in [0.2, 0.25) is 0 Å². The van der Waals surface area contributed by atoms with Crippen LogP contribution in [-0.2, 0) is 35.2 Å². The van der Waals surface area contributed by atoms with Crippen LogP contribution in [0.4, 0.5) is 15.3 Å². The zero-order valence-corrected chi connectivity index (χ0v) is 30.1. The van der Waals surface area contributed by atoms with Crippen LogP contribution >= 0.6 is 11.6 Å². The molecule has 4 aliphatic rings. The summed E-state index contributed by atoms with van der Waals surface area (Å²) in [4.78, 5) is 64.8. The monoisotopic (exact) mass is 713 g/mol. The van der Waals surface area contributed by atoms with E-state index in [4.69, 9.17) is 31.5 Å². The third kappa shape index (κ3) is 6.18. The number of carbonyl (C=O) groups is 5. The Hall–Kier alpha value is -3.90. The first-order valence-electron chi connectivity index (χ1n) is 17.2. The van der Waals surface area contributed by atoms with E-state index < -0.39 is 63.9 Å². The summed E-state index contributed by atoms with van der Waals surface area (Å²) in [7, 11) is 1.47. The molecule has 8 atom stereocenters. The number of benzene rings is 1. The number of anilines is 1. The average molecular weight is 714 g/mol. The summed E-state index contributed by atoms with van der Waals surface area (Å²) in [6.45, 7) is 6.85. The van der Waals surface area contributed by atoms with Gasteiger partial charge in [0.2, 0.25) is 5.78 Å². The van der Waals surface area contributed by atoms with Gasteiger partial charge in [0.15, 0.2) is 18.0 Å². The van der Waals surface area contributed by atoms with Crippen LogP contribution < -0.4 is 11.1 Å². The van der Waals surface area contributed by atoms with Gasteiger partial charge in [-0.1, -0.05) is 51.5 Å². The van der Waals surface area contributed by atoms with Crippen LogP contribution in [0.1, 0.15) is 65.4 Å². The molecule has 1 unspecified atom stereocenters. The fourth-order valence-corrected chi connectivity index (χ4v) is 9.75. The zero-order chi connectivity index (χ0) is 36.6. The van der Waals surface area contributed by atoms with Crippen molar-refractivity contribution < 1.29 is 43.3 Å². The number of carbonyl (C=O) groups excluding carboxylic acids is 5. The number of ether oxygens (including phenoxy) is 3. The number of aliphatic hydroxyl groups is 1. The first-order chi connectivity index (χ1) is 23.5. The number of nitrogens with one attached hydrogen (secondary N) is 1. The zero-order valence-electron chi connectivity index (χ0n) is 29.3. The Morgan fingerprint density at radius 3 is 2.50 bits per heavy atom. The van der Waals surface area contributed by atoms with Crippen molar-refractivity contribution in [2.24, 2.45) is 28.6 Å². The summed E-state index contributed by atoms with van der Waals surface area (Å²) < 4.78 is 16.8. The summed E-state index contributed by atoms with van der Waals surface area (Å²) in [5.74, 6) is -2.21. The summed E-state index contributed by atoms with van der Waals surface area (Å²) in [6, 6.07) is 6.90. The number of halogens is 1. The van der Waals surface area contributed by atoms with E-state index in [1.165, 1.54) is 18.0 Å². The van der Waals surface area contributed by atoms with Crippen molar-refractivity contribution in [2.45, 2.75) is 83.0 Å². The normalized spacial score (nSPS) is 34.0. The van der Waals surface area contributed by atoms with E-state index in [1.54, 1.807) is 43.3 Å². The number of rotatable bonds is 10. The molecule has 0 radical (unpaired) electrons. The molecular formula is C37H48ClN3O9. The number of hydrogen-bond acceptors (Lipinski definition) is 10. The number of fused-ring (bicyclic) bond motifs is 5. The van der Waals surface area contributed by atoms with Gasteiger partial charge in [0.25, 0.3) is 0 Å². The van der Waals surface area contributed by atoms with Gasteiger partial charge in [-0.15, -0.1) is 11.6 Å². The minimum atomic E-state index is -1.69. The topological polar surface area (TPSA) is 175 Å². The van der Waals surface area contributed by atoms with Gasteiger partial charge < -0.3 is 35.3 Å². The van der Waals surface area contributed by atoms with E-state index in [0.29, 0.717) is 24.9 Å². The summed E-state index contributed by atoms with van der Waals surface area (Å²) in [6.07, 6.45) is 4.11. The van der Waals surface area contributed by atoms with Crippen molar-refractivity contribution in [2.75, 3.05) is 32.5 Å². The Kier molecular flexibility index (Phi) is 10.5. The number of aliphatic hydroxyl groups excluding tert-OH is 1. The Bertz CT molecular complexity index is 1600. The highest BCUT2D eigenvalue weighted by atomic mass is 35.5. The summed E-state index contributed by atoms with van der Waals surface area (Å²) >= 11 is 7.56. The molecule has 4 aliphatic carbocycles. The highest BCUT2D eigenvalue weighted by Crippen LogP contribution is 2.72. The number of Topliss-reactive ketones (excluding diaryl/α,β-unsaturated/α-hetero) is 1. The van der Waals surface area contributed by atoms with E-state index in [2.05, 4.69) is 5.32 Å². The molecule has 0 aromatic heterocycles. The average Bonchev–Trinajstić information content (AvgIpc) is 3.29. The number of allylic oxidation sites excluding steroid dienone is 4. The molecule has 3 saturated carbocycles. The number of amides is 2. The van der Waals surface area contributed by atoms with Gasteiger partial charge in [0.1, 0.15) is 6.61 Å². The van der Waals surface area contributed by atoms with E-state index in [1.807, 2.05) is 20.8 Å². The first-order valence-corrected chi connectivity index (χ1v) is 17.6. The lowest BCUT2D eigenvalue weighted by atomic mass is 9.45. The molecule has 4 N–H and O–H groups in total. The van der Waals surface area contributed by atoms with Gasteiger partial charge in [0.05, 0.1) is 11.0 Å². The second kappa shape index (κ2) is 14.0. The van der Waals surface area contributed by atoms with Crippen molar-refractivity contribution in [3.63, 3.8) is 0 Å². The van der Waals surface area contributed by atoms with Gasteiger partial charge in [0, 0.05) is 49.0 Å². The molecule has 0 saturated heterocycles. The van der Waals surface area contributed by atoms with Crippen LogP contribution in [0, 0.1) is 28.6 Å². The van der Waals surface area contributed by atoms with Crippen molar-refractivity contribution in [1.82, 2.24) is 10.2 Å². The predicted octanol–water partition coefficient (Wildman–Crippen LogP) is 4.71. The summed E-state index contributed by atoms with van der Waals surface area (Å²) in [5.41, 5.74) is 4.41. The highest BCUT2D eigenvalue weighted by Gasteiger charge is 2.76. The molecule has 3 fully saturated rings. The number of alkyl halides is 1. The van der Waals surface area contributed by atoms with Gasteiger partial charge in [-0.05, 0) is 67.4 Å². The third-order valence-electron chi connectivity index (χ3n) is 11.9. The fraction of sp³-hybridized carbons (Fsp3) is 0.595. The smallest absolute Gasteiger partial charge is 0.409 e. The molecule has 12 nitrogen and oxygen atoms in total. The molecule has 5 rings (SSSR count). The largest absolute Gasteiger partial charge is 0.450 e. The van der Waals surface area contributed by atoms with E-state index in [9.17, 15) is 29.1 Å². The number of ketones is 2.